The lowest BCUT2D eigenvalue weighted by molar-refractivity contribution is 0.872. The minimum atomic E-state index is 0.868. The van der Waals surface area contributed by atoms with Crippen molar-refractivity contribution in [2.45, 2.75) is 6.54 Å². The Hall–Kier alpha value is -3.58. The van der Waals surface area contributed by atoms with Crippen LogP contribution in [0, 0.1) is 0 Å². The summed E-state index contributed by atoms with van der Waals surface area (Å²) in [5, 5.41) is 7.91. The van der Waals surface area contributed by atoms with E-state index in [9.17, 15) is 0 Å². The van der Waals surface area contributed by atoms with E-state index in [-0.39, 0.29) is 0 Å². The molecule has 0 aliphatic carbocycles. The Balaban J connectivity index is 1.82. The van der Waals surface area contributed by atoms with E-state index in [2.05, 4.69) is 108 Å². The van der Waals surface area contributed by atoms with Gasteiger partial charge in [0.1, 0.15) is 0 Å². The molecule has 6 rings (SSSR count). The van der Waals surface area contributed by atoms with Crippen molar-refractivity contribution in [3.05, 3.63) is 109 Å². The first kappa shape index (κ1) is 15.5. The van der Waals surface area contributed by atoms with E-state index in [0.717, 1.165) is 6.54 Å². The molecule has 0 atom stereocenters. The Morgan fingerprint density at radius 2 is 1.14 bits per heavy atom. The summed E-state index contributed by atoms with van der Waals surface area (Å²) in [5.41, 5.74) is 3.95. The molecule has 1 heteroatoms. The van der Waals surface area contributed by atoms with Crippen LogP contribution in [0.1, 0.15) is 5.56 Å². The van der Waals surface area contributed by atoms with Gasteiger partial charge >= 0.3 is 0 Å². The first-order valence-electron chi connectivity index (χ1n) is 9.75. The molecule has 1 aromatic heterocycles. The summed E-state index contributed by atoms with van der Waals surface area (Å²) in [7, 11) is 0. The van der Waals surface area contributed by atoms with Crippen LogP contribution in [0.5, 0.6) is 0 Å². The van der Waals surface area contributed by atoms with Gasteiger partial charge in [0, 0.05) is 22.7 Å². The highest BCUT2D eigenvalue weighted by molar-refractivity contribution is 6.25. The molecule has 0 saturated heterocycles. The standard InChI is InChI=1S/C27H19N/c1-2-8-19(9-3-1)18-28-25-17-15-20-10-4-6-12-22(20)26(25)24-16-14-21-11-5-7-13-23(21)27(24)28/h1-17H,18H2. The molecule has 0 radical (unpaired) electrons. The van der Waals surface area contributed by atoms with Gasteiger partial charge in [-0.1, -0.05) is 97.1 Å². The number of hydrogen-bond donors (Lipinski definition) is 0. The fraction of sp³-hybridized carbons (Fsp3) is 0.0370. The third-order valence-corrected chi connectivity index (χ3v) is 5.82. The van der Waals surface area contributed by atoms with Crippen LogP contribution in [-0.2, 0) is 6.54 Å². The molecule has 1 heterocycles. The molecule has 0 aliphatic heterocycles. The van der Waals surface area contributed by atoms with Gasteiger partial charge in [0.15, 0.2) is 0 Å². The summed E-state index contributed by atoms with van der Waals surface area (Å²) in [6.07, 6.45) is 0. The summed E-state index contributed by atoms with van der Waals surface area (Å²) in [5.74, 6) is 0. The van der Waals surface area contributed by atoms with Crippen molar-refractivity contribution in [3.63, 3.8) is 0 Å². The Morgan fingerprint density at radius 1 is 0.500 bits per heavy atom. The molecule has 1 nitrogen and oxygen atoms in total. The molecule has 0 saturated carbocycles. The van der Waals surface area contributed by atoms with Gasteiger partial charge in [-0.05, 0) is 27.8 Å². The van der Waals surface area contributed by atoms with Gasteiger partial charge in [-0.25, -0.2) is 0 Å². The highest BCUT2D eigenvalue weighted by Gasteiger charge is 2.15. The predicted octanol–water partition coefficient (Wildman–Crippen LogP) is 7.15. The highest BCUT2D eigenvalue weighted by Crippen LogP contribution is 2.38. The summed E-state index contributed by atoms with van der Waals surface area (Å²) in [4.78, 5) is 0. The predicted molar refractivity (Wildman–Crippen MR) is 120 cm³/mol. The van der Waals surface area contributed by atoms with Gasteiger partial charge in [0.2, 0.25) is 0 Å². The van der Waals surface area contributed by atoms with Crippen LogP contribution in [0.3, 0.4) is 0 Å². The van der Waals surface area contributed by atoms with E-state index in [4.69, 9.17) is 0 Å². The number of fused-ring (bicyclic) bond motifs is 7. The van der Waals surface area contributed by atoms with E-state index in [1.54, 1.807) is 0 Å². The molecule has 28 heavy (non-hydrogen) atoms. The highest BCUT2D eigenvalue weighted by atomic mass is 15.0. The van der Waals surface area contributed by atoms with E-state index in [1.165, 1.54) is 48.9 Å². The molecule has 0 unspecified atom stereocenters. The fourth-order valence-corrected chi connectivity index (χ4v) is 4.57. The second kappa shape index (κ2) is 5.97. The fourth-order valence-electron chi connectivity index (χ4n) is 4.57. The lowest BCUT2D eigenvalue weighted by Gasteiger charge is -2.10. The largest absolute Gasteiger partial charge is 0.335 e. The zero-order valence-electron chi connectivity index (χ0n) is 15.5. The van der Waals surface area contributed by atoms with Crippen molar-refractivity contribution in [1.29, 1.82) is 0 Å². The smallest absolute Gasteiger partial charge is 0.0574 e. The molecular formula is C27H19N. The number of aromatic nitrogens is 1. The second-order valence-electron chi connectivity index (χ2n) is 7.44. The summed E-state index contributed by atoms with van der Waals surface area (Å²) >= 11 is 0. The van der Waals surface area contributed by atoms with Crippen LogP contribution in [0.15, 0.2) is 103 Å². The van der Waals surface area contributed by atoms with Crippen LogP contribution in [-0.4, -0.2) is 4.57 Å². The van der Waals surface area contributed by atoms with E-state index < -0.39 is 0 Å². The molecular weight excluding hydrogens is 338 g/mol. The summed E-state index contributed by atoms with van der Waals surface area (Å²) in [6.45, 7) is 0.868. The number of nitrogens with zero attached hydrogens (tertiary/aromatic N) is 1. The Morgan fingerprint density at radius 3 is 1.96 bits per heavy atom. The second-order valence-corrected chi connectivity index (χ2v) is 7.44. The Labute approximate surface area is 163 Å². The van der Waals surface area contributed by atoms with Crippen LogP contribution < -0.4 is 0 Å². The minimum Gasteiger partial charge on any atom is -0.335 e. The quantitative estimate of drug-likeness (QED) is 0.310. The summed E-state index contributed by atoms with van der Waals surface area (Å²) in [6, 6.07) is 37.3. The number of benzene rings is 5. The zero-order chi connectivity index (χ0) is 18.5. The van der Waals surface area contributed by atoms with Crippen LogP contribution >= 0.6 is 0 Å². The van der Waals surface area contributed by atoms with Crippen molar-refractivity contribution >= 4 is 43.4 Å². The SMILES string of the molecule is c1ccc(Cn2c3ccc4ccccc4c3c3ccc4ccccc4c32)cc1. The first-order chi connectivity index (χ1) is 13.9. The van der Waals surface area contributed by atoms with Crippen molar-refractivity contribution in [2.24, 2.45) is 0 Å². The van der Waals surface area contributed by atoms with Crippen molar-refractivity contribution in [3.8, 4) is 0 Å². The van der Waals surface area contributed by atoms with Gasteiger partial charge in [-0.15, -0.1) is 0 Å². The first-order valence-corrected chi connectivity index (χ1v) is 9.75. The number of rotatable bonds is 2. The monoisotopic (exact) mass is 357 g/mol. The van der Waals surface area contributed by atoms with Gasteiger partial charge in [0.25, 0.3) is 0 Å². The van der Waals surface area contributed by atoms with Crippen LogP contribution in [0.25, 0.3) is 43.4 Å². The minimum absolute atomic E-state index is 0.868. The third kappa shape index (κ3) is 2.20. The molecule has 6 aromatic rings. The third-order valence-electron chi connectivity index (χ3n) is 5.82. The van der Waals surface area contributed by atoms with Gasteiger partial charge in [-0.2, -0.15) is 0 Å². The molecule has 0 N–H and O–H groups in total. The topological polar surface area (TPSA) is 4.93 Å². The summed E-state index contributed by atoms with van der Waals surface area (Å²) < 4.78 is 2.49. The van der Waals surface area contributed by atoms with E-state index in [1.807, 2.05) is 0 Å². The number of hydrogen-bond acceptors (Lipinski definition) is 0. The lowest BCUT2D eigenvalue weighted by atomic mass is 10.0. The Kier molecular flexibility index (Phi) is 3.30. The van der Waals surface area contributed by atoms with E-state index in [0.29, 0.717) is 0 Å². The van der Waals surface area contributed by atoms with Crippen molar-refractivity contribution in [1.82, 2.24) is 4.57 Å². The molecule has 132 valence electrons. The zero-order valence-corrected chi connectivity index (χ0v) is 15.5. The molecule has 0 fully saturated rings. The van der Waals surface area contributed by atoms with Gasteiger partial charge < -0.3 is 4.57 Å². The van der Waals surface area contributed by atoms with Gasteiger partial charge in [0.05, 0.1) is 11.0 Å². The van der Waals surface area contributed by atoms with Gasteiger partial charge in [-0.3, -0.25) is 0 Å². The Bertz CT molecular complexity index is 1470. The van der Waals surface area contributed by atoms with E-state index >= 15 is 0 Å². The van der Waals surface area contributed by atoms with Crippen LogP contribution in [0.2, 0.25) is 0 Å². The maximum absolute atomic E-state index is 2.49. The molecule has 0 spiro atoms. The molecule has 0 bridgehead atoms. The average molecular weight is 357 g/mol. The molecule has 0 amide bonds. The normalized spacial score (nSPS) is 11.7. The van der Waals surface area contributed by atoms with Crippen LogP contribution in [0.4, 0.5) is 0 Å². The molecule has 5 aromatic carbocycles. The molecule has 0 aliphatic rings. The lowest BCUT2D eigenvalue weighted by Crippen LogP contribution is -1.99. The van der Waals surface area contributed by atoms with Crippen molar-refractivity contribution in [2.75, 3.05) is 0 Å². The maximum Gasteiger partial charge on any atom is 0.0574 e. The maximum atomic E-state index is 2.49. The van der Waals surface area contributed by atoms with Crippen molar-refractivity contribution < 1.29 is 0 Å². The average Bonchev–Trinajstić information content (AvgIpc) is 3.09.